The van der Waals surface area contributed by atoms with E-state index in [4.69, 9.17) is 9.52 Å². The van der Waals surface area contributed by atoms with Gasteiger partial charge in [0.2, 0.25) is 5.76 Å². The Kier molecular flexibility index (Phi) is 3.08. The van der Waals surface area contributed by atoms with E-state index in [0.717, 1.165) is 0 Å². The van der Waals surface area contributed by atoms with Crippen LogP contribution in [0.25, 0.3) is 0 Å². The molecule has 1 aromatic rings. The van der Waals surface area contributed by atoms with Gasteiger partial charge < -0.3 is 14.3 Å². The fourth-order valence-corrected chi connectivity index (χ4v) is 0.989. The van der Waals surface area contributed by atoms with Gasteiger partial charge in [-0.15, -0.1) is 0 Å². The smallest absolute Gasteiger partial charge is 0.373 e. The minimum atomic E-state index is -0.503. The van der Waals surface area contributed by atoms with Crippen molar-refractivity contribution in [3.63, 3.8) is 0 Å². The van der Waals surface area contributed by atoms with Crippen LogP contribution in [0.15, 0.2) is 16.5 Å². The van der Waals surface area contributed by atoms with Crippen molar-refractivity contribution in [2.75, 3.05) is 7.11 Å². The lowest BCUT2D eigenvalue weighted by Crippen LogP contribution is -2.03. The number of aliphatic hydroxyl groups is 1. The summed E-state index contributed by atoms with van der Waals surface area (Å²) in [7, 11) is 1.29. The van der Waals surface area contributed by atoms with Gasteiger partial charge in [-0.05, 0) is 19.1 Å². The Balaban J connectivity index is 2.69. The second-order valence-electron chi connectivity index (χ2n) is 2.81. The third kappa shape index (κ3) is 2.59. The molecule has 0 aromatic carbocycles. The molecule has 1 atom stereocenters. The van der Waals surface area contributed by atoms with E-state index in [9.17, 15) is 4.79 Å². The van der Waals surface area contributed by atoms with Crippen molar-refractivity contribution in [2.45, 2.75) is 19.4 Å². The topological polar surface area (TPSA) is 59.7 Å². The number of carbonyl (C=O) groups excluding carboxylic acids is 1. The maximum atomic E-state index is 10.9. The number of hydrogen-bond donors (Lipinski definition) is 1. The molecule has 0 aliphatic carbocycles. The van der Waals surface area contributed by atoms with E-state index >= 15 is 0 Å². The van der Waals surface area contributed by atoms with Gasteiger partial charge in [0.25, 0.3) is 0 Å². The predicted octanol–water partition coefficient (Wildman–Crippen LogP) is 0.990. The van der Waals surface area contributed by atoms with Gasteiger partial charge in [0.15, 0.2) is 0 Å². The highest BCUT2D eigenvalue weighted by Crippen LogP contribution is 2.10. The first kappa shape index (κ1) is 9.80. The third-order valence-corrected chi connectivity index (χ3v) is 1.54. The summed E-state index contributed by atoms with van der Waals surface area (Å²) < 4.78 is 9.57. The quantitative estimate of drug-likeness (QED) is 0.711. The molecule has 13 heavy (non-hydrogen) atoms. The molecular formula is C9H12O4. The minimum absolute atomic E-state index is 0.165. The molecule has 4 heteroatoms. The summed E-state index contributed by atoms with van der Waals surface area (Å²) in [5.41, 5.74) is 0. The maximum Gasteiger partial charge on any atom is 0.373 e. The minimum Gasteiger partial charge on any atom is -0.463 e. The third-order valence-electron chi connectivity index (χ3n) is 1.54. The average Bonchev–Trinajstić information content (AvgIpc) is 2.50. The van der Waals surface area contributed by atoms with Crippen molar-refractivity contribution < 1.29 is 19.1 Å². The predicted molar refractivity (Wildman–Crippen MR) is 45.4 cm³/mol. The van der Waals surface area contributed by atoms with E-state index in [0.29, 0.717) is 12.2 Å². The van der Waals surface area contributed by atoms with Gasteiger partial charge in [-0.25, -0.2) is 4.79 Å². The zero-order valence-electron chi connectivity index (χ0n) is 7.61. The van der Waals surface area contributed by atoms with Gasteiger partial charge in [-0.1, -0.05) is 0 Å². The molecular weight excluding hydrogens is 172 g/mol. The van der Waals surface area contributed by atoms with E-state index in [-0.39, 0.29) is 5.76 Å². The highest BCUT2D eigenvalue weighted by molar-refractivity contribution is 5.86. The Hall–Kier alpha value is -1.29. The molecule has 0 fully saturated rings. The van der Waals surface area contributed by atoms with Gasteiger partial charge in [-0.3, -0.25) is 0 Å². The lowest BCUT2D eigenvalue weighted by atomic mass is 10.2. The average molecular weight is 184 g/mol. The Morgan fingerprint density at radius 2 is 2.38 bits per heavy atom. The number of rotatable bonds is 3. The van der Waals surface area contributed by atoms with E-state index in [1.807, 2.05) is 0 Å². The van der Waals surface area contributed by atoms with Crippen LogP contribution < -0.4 is 0 Å². The molecule has 0 unspecified atom stereocenters. The van der Waals surface area contributed by atoms with Crippen LogP contribution in [0.3, 0.4) is 0 Å². The molecule has 1 aromatic heterocycles. The van der Waals surface area contributed by atoms with E-state index in [1.165, 1.54) is 13.2 Å². The van der Waals surface area contributed by atoms with Crippen LogP contribution in [0.4, 0.5) is 0 Å². The molecule has 0 spiro atoms. The summed E-state index contributed by atoms with van der Waals surface area (Å²) in [4.78, 5) is 10.9. The SMILES string of the molecule is COC(=O)c1ccc(C[C@H](C)O)o1. The number of aliphatic hydroxyl groups excluding tert-OH is 1. The summed E-state index contributed by atoms with van der Waals surface area (Å²) in [6.45, 7) is 1.65. The van der Waals surface area contributed by atoms with E-state index < -0.39 is 12.1 Å². The number of ether oxygens (including phenoxy) is 1. The number of furan rings is 1. The Labute approximate surface area is 76.1 Å². The number of hydrogen-bond acceptors (Lipinski definition) is 4. The molecule has 1 rings (SSSR count). The lowest BCUT2D eigenvalue weighted by molar-refractivity contribution is 0.0561. The van der Waals surface area contributed by atoms with Crippen LogP contribution in [0, 0.1) is 0 Å². The van der Waals surface area contributed by atoms with Crippen molar-refractivity contribution in [3.8, 4) is 0 Å². The van der Waals surface area contributed by atoms with Gasteiger partial charge in [-0.2, -0.15) is 0 Å². The summed E-state index contributed by atoms with van der Waals surface area (Å²) in [6, 6.07) is 3.18. The van der Waals surface area contributed by atoms with Crippen LogP contribution >= 0.6 is 0 Å². The monoisotopic (exact) mass is 184 g/mol. The largest absolute Gasteiger partial charge is 0.463 e. The second kappa shape index (κ2) is 4.09. The molecule has 0 amide bonds. The Morgan fingerprint density at radius 1 is 1.69 bits per heavy atom. The van der Waals surface area contributed by atoms with Crippen molar-refractivity contribution in [1.29, 1.82) is 0 Å². The fourth-order valence-electron chi connectivity index (χ4n) is 0.989. The van der Waals surface area contributed by atoms with Crippen molar-refractivity contribution in [3.05, 3.63) is 23.7 Å². The normalized spacial score (nSPS) is 12.5. The van der Waals surface area contributed by atoms with Gasteiger partial charge in [0, 0.05) is 6.42 Å². The molecule has 1 heterocycles. The second-order valence-corrected chi connectivity index (χ2v) is 2.81. The Morgan fingerprint density at radius 3 is 2.92 bits per heavy atom. The molecule has 0 bridgehead atoms. The molecule has 0 saturated heterocycles. The summed E-state index contributed by atoms with van der Waals surface area (Å²) in [5.74, 6) is 0.241. The van der Waals surface area contributed by atoms with Crippen LogP contribution in [-0.2, 0) is 11.2 Å². The van der Waals surface area contributed by atoms with Crippen LogP contribution in [0.2, 0.25) is 0 Å². The van der Waals surface area contributed by atoms with Gasteiger partial charge >= 0.3 is 5.97 Å². The number of methoxy groups -OCH3 is 1. The van der Waals surface area contributed by atoms with E-state index in [2.05, 4.69) is 4.74 Å². The summed E-state index contributed by atoms with van der Waals surface area (Å²) >= 11 is 0. The zero-order chi connectivity index (χ0) is 9.84. The molecule has 4 nitrogen and oxygen atoms in total. The van der Waals surface area contributed by atoms with Crippen molar-refractivity contribution >= 4 is 5.97 Å². The van der Waals surface area contributed by atoms with Crippen molar-refractivity contribution in [2.24, 2.45) is 0 Å². The first-order valence-corrected chi connectivity index (χ1v) is 3.98. The van der Waals surface area contributed by atoms with Crippen LogP contribution in [0.5, 0.6) is 0 Å². The van der Waals surface area contributed by atoms with Crippen LogP contribution in [0.1, 0.15) is 23.2 Å². The molecule has 0 radical (unpaired) electrons. The van der Waals surface area contributed by atoms with Gasteiger partial charge in [0.05, 0.1) is 13.2 Å². The Bertz CT molecular complexity index is 288. The molecule has 1 N–H and O–H groups in total. The first-order valence-electron chi connectivity index (χ1n) is 3.98. The highest BCUT2D eigenvalue weighted by atomic mass is 16.5. The maximum absolute atomic E-state index is 10.9. The molecule has 0 aliphatic heterocycles. The standard InChI is InChI=1S/C9H12O4/c1-6(10)5-7-3-4-8(13-7)9(11)12-2/h3-4,6,10H,5H2,1-2H3/t6-/m0/s1. The summed E-state index contributed by atoms with van der Waals surface area (Å²) in [5, 5.41) is 9.03. The fraction of sp³-hybridized carbons (Fsp3) is 0.444. The number of esters is 1. The summed E-state index contributed by atoms with van der Waals surface area (Å²) in [6.07, 6.45) is -0.0755. The lowest BCUT2D eigenvalue weighted by Gasteiger charge is -1.99. The molecule has 72 valence electrons. The highest BCUT2D eigenvalue weighted by Gasteiger charge is 2.11. The zero-order valence-corrected chi connectivity index (χ0v) is 7.61. The van der Waals surface area contributed by atoms with Crippen LogP contribution in [-0.4, -0.2) is 24.3 Å². The molecule has 0 aliphatic rings. The van der Waals surface area contributed by atoms with Gasteiger partial charge in [0.1, 0.15) is 5.76 Å². The first-order chi connectivity index (χ1) is 6.13. The number of carbonyl (C=O) groups is 1. The molecule has 0 saturated carbocycles. The van der Waals surface area contributed by atoms with Crippen molar-refractivity contribution in [1.82, 2.24) is 0 Å². The van der Waals surface area contributed by atoms with E-state index in [1.54, 1.807) is 13.0 Å².